The molecule has 4 heterocycles. The van der Waals surface area contributed by atoms with Crippen LogP contribution in [0.5, 0.6) is 0 Å². The van der Waals surface area contributed by atoms with Gasteiger partial charge < -0.3 is 15.0 Å². The number of esters is 1. The maximum Gasteiger partial charge on any atom is 0.338 e. The van der Waals surface area contributed by atoms with Gasteiger partial charge >= 0.3 is 5.97 Å². The first-order valence-electron chi connectivity index (χ1n) is 10.8. The molecule has 2 atom stereocenters. The van der Waals surface area contributed by atoms with Gasteiger partial charge in [0.25, 0.3) is 0 Å². The molecule has 0 spiro atoms. The molecule has 2 aliphatic heterocycles. The molecule has 9 nitrogen and oxygen atoms in total. The van der Waals surface area contributed by atoms with E-state index < -0.39 is 0 Å². The molecular formula is C24H24N6O3. The van der Waals surface area contributed by atoms with E-state index in [4.69, 9.17) is 20.3 Å². The van der Waals surface area contributed by atoms with Crippen molar-refractivity contribution in [3.8, 4) is 17.5 Å². The Hall–Kier alpha value is -3.58. The number of benzene rings is 1. The Kier molecular flexibility index (Phi) is 5.42. The molecule has 3 aromatic rings. The number of hydrogen-bond acceptors (Lipinski definition) is 9. The number of rotatable bonds is 4. The summed E-state index contributed by atoms with van der Waals surface area (Å²) in [5.74, 6) is 0.453. The van der Waals surface area contributed by atoms with E-state index in [1.165, 1.54) is 0 Å². The molecule has 0 aliphatic carbocycles. The van der Waals surface area contributed by atoms with Crippen molar-refractivity contribution in [1.29, 1.82) is 5.26 Å². The van der Waals surface area contributed by atoms with E-state index in [1.54, 1.807) is 6.20 Å². The number of aryl methyl sites for hydroxylation is 1. The molecular weight excluding hydrogens is 420 g/mol. The Labute approximate surface area is 191 Å². The maximum absolute atomic E-state index is 11.9. The van der Waals surface area contributed by atoms with Crippen molar-refractivity contribution in [3.63, 3.8) is 0 Å². The number of cyclic esters (lactones) is 1. The average molecular weight is 444 g/mol. The lowest BCUT2D eigenvalue weighted by atomic mass is 9.93. The second kappa shape index (κ2) is 8.41. The summed E-state index contributed by atoms with van der Waals surface area (Å²) in [5.41, 5.74) is 12.8. The third-order valence-electron chi connectivity index (χ3n) is 6.33. The normalized spacial score (nSPS) is 20.4. The highest BCUT2D eigenvalue weighted by atomic mass is 16.5. The summed E-state index contributed by atoms with van der Waals surface area (Å²) >= 11 is 0. The molecule has 2 aromatic heterocycles. The quantitative estimate of drug-likeness (QED) is 0.582. The summed E-state index contributed by atoms with van der Waals surface area (Å²) in [5, 5.41) is 16.7. The summed E-state index contributed by atoms with van der Waals surface area (Å²) < 4.78 is 10.8. The van der Waals surface area contributed by atoms with E-state index in [0.717, 1.165) is 28.8 Å². The molecule has 168 valence electrons. The van der Waals surface area contributed by atoms with Gasteiger partial charge in [-0.05, 0) is 42.7 Å². The van der Waals surface area contributed by atoms with E-state index in [9.17, 15) is 4.79 Å². The van der Waals surface area contributed by atoms with Crippen molar-refractivity contribution < 1.29 is 14.1 Å². The first-order valence-corrected chi connectivity index (χ1v) is 10.8. The Morgan fingerprint density at radius 3 is 2.91 bits per heavy atom. The van der Waals surface area contributed by atoms with Crippen molar-refractivity contribution in [1.82, 2.24) is 20.4 Å². The molecule has 33 heavy (non-hydrogen) atoms. The maximum atomic E-state index is 11.9. The highest BCUT2D eigenvalue weighted by molar-refractivity contribution is 5.94. The van der Waals surface area contributed by atoms with Gasteiger partial charge in [0.1, 0.15) is 18.4 Å². The van der Waals surface area contributed by atoms with Gasteiger partial charge in [0, 0.05) is 37.0 Å². The van der Waals surface area contributed by atoms with Gasteiger partial charge in [-0.3, -0.25) is 15.2 Å². The number of hydrogen-bond donors (Lipinski definition) is 2. The van der Waals surface area contributed by atoms with Gasteiger partial charge in [0.2, 0.25) is 0 Å². The number of fused-ring (bicyclic) bond motifs is 1. The van der Waals surface area contributed by atoms with Gasteiger partial charge in [0.05, 0.1) is 29.5 Å². The molecule has 1 fully saturated rings. The Bertz CT molecular complexity index is 1280. The van der Waals surface area contributed by atoms with Crippen LogP contribution in [0.4, 0.5) is 0 Å². The smallest absolute Gasteiger partial charge is 0.338 e. The van der Waals surface area contributed by atoms with E-state index in [0.29, 0.717) is 48.0 Å². The van der Waals surface area contributed by atoms with E-state index >= 15 is 0 Å². The number of piperazine rings is 1. The van der Waals surface area contributed by atoms with E-state index in [1.807, 2.05) is 38.1 Å². The van der Waals surface area contributed by atoms with Crippen LogP contribution in [-0.2, 0) is 17.9 Å². The predicted molar refractivity (Wildman–Crippen MR) is 119 cm³/mol. The first-order chi connectivity index (χ1) is 15.9. The Morgan fingerprint density at radius 1 is 1.27 bits per heavy atom. The fourth-order valence-electron chi connectivity index (χ4n) is 4.58. The van der Waals surface area contributed by atoms with Gasteiger partial charge in [-0.1, -0.05) is 11.2 Å². The first kappa shape index (κ1) is 21.3. The number of nitrogens with one attached hydrogen (secondary N) is 1. The second-order valence-corrected chi connectivity index (χ2v) is 8.58. The van der Waals surface area contributed by atoms with Gasteiger partial charge in [-0.2, -0.15) is 5.26 Å². The monoisotopic (exact) mass is 444 g/mol. The van der Waals surface area contributed by atoms with Gasteiger partial charge in [-0.15, -0.1) is 0 Å². The highest BCUT2D eigenvalue weighted by Gasteiger charge is 2.30. The van der Waals surface area contributed by atoms with Crippen LogP contribution in [0.15, 0.2) is 35.0 Å². The van der Waals surface area contributed by atoms with Crippen LogP contribution in [0.25, 0.3) is 11.4 Å². The Morgan fingerprint density at radius 2 is 2.12 bits per heavy atom. The predicted octanol–water partition coefficient (Wildman–Crippen LogP) is 2.33. The average Bonchev–Trinajstić information content (AvgIpc) is 3.41. The summed E-state index contributed by atoms with van der Waals surface area (Å²) in [6.45, 7) is 6.16. The summed E-state index contributed by atoms with van der Waals surface area (Å²) in [6.07, 6.45) is 1.34. The van der Waals surface area contributed by atoms with Crippen LogP contribution in [0.1, 0.15) is 50.0 Å². The summed E-state index contributed by atoms with van der Waals surface area (Å²) in [6, 6.07) is 9.67. The zero-order valence-electron chi connectivity index (χ0n) is 18.5. The molecule has 1 aromatic carbocycles. The SMILES string of the molecule is Cc1cc(-c2cc(CN3C[C@@H](c4ccc5c(c4C)COC5=O)N[C@@H](N)C3)on2)ncc1C#N. The minimum Gasteiger partial charge on any atom is -0.457 e. The number of nitrogens with two attached hydrogens (primary N) is 1. The lowest BCUT2D eigenvalue weighted by Crippen LogP contribution is -2.56. The minimum atomic E-state index is -0.261. The largest absolute Gasteiger partial charge is 0.457 e. The number of carbonyl (C=O) groups excluding carboxylic acids is 1. The standard InChI is InChI=1S/C24H24N6O3/c1-13-5-20(27-8-15(13)7-25)21-6-16(33-29-21)9-30-10-22(28-23(26)11-30)17-3-4-18-19(14(17)2)12-32-24(18)31/h3-6,8,22-23,28H,9-12,26H2,1-2H3/t22-,23+/m0/s1. The highest BCUT2D eigenvalue weighted by Crippen LogP contribution is 2.31. The third kappa shape index (κ3) is 4.00. The van der Waals surface area contributed by atoms with Crippen molar-refractivity contribution in [2.24, 2.45) is 5.73 Å². The van der Waals surface area contributed by atoms with Crippen LogP contribution in [0.3, 0.4) is 0 Å². The van der Waals surface area contributed by atoms with E-state index in [2.05, 4.69) is 26.4 Å². The van der Waals surface area contributed by atoms with Crippen LogP contribution < -0.4 is 11.1 Å². The third-order valence-corrected chi connectivity index (χ3v) is 6.33. The number of carbonyl (C=O) groups is 1. The van der Waals surface area contributed by atoms with E-state index in [-0.39, 0.29) is 18.2 Å². The topological polar surface area (TPSA) is 130 Å². The molecule has 0 radical (unpaired) electrons. The fourth-order valence-corrected chi connectivity index (χ4v) is 4.58. The van der Waals surface area contributed by atoms with Crippen molar-refractivity contribution in [3.05, 3.63) is 69.6 Å². The number of aromatic nitrogens is 2. The molecule has 0 amide bonds. The summed E-state index contributed by atoms with van der Waals surface area (Å²) in [4.78, 5) is 18.4. The number of ether oxygens (including phenoxy) is 1. The molecule has 2 aliphatic rings. The van der Waals surface area contributed by atoms with Crippen molar-refractivity contribution in [2.45, 2.75) is 39.2 Å². The van der Waals surface area contributed by atoms with Gasteiger partial charge in [0.15, 0.2) is 5.76 Å². The van der Waals surface area contributed by atoms with Gasteiger partial charge in [-0.25, -0.2) is 4.79 Å². The molecule has 0 bridgehead atoms. The minimum absolute atomic E-state index is 0.0139. The molecule has 1 saturated heterocycles. The number of pyridine rings is 1. The van der Waals surface area contributed by atoms with Crippen molar-refractivity contribution in [2.75, 3.05) is 13.1 Å². The second-order valence-electron chi connectivity index (χ2n) is 8.58. The van der Waals surface area contributed by atoms with Crippen LogP contribution in [0.2, 0.25) is 0 Å². The molecule has 5 rings (SSSR count). The van der Waals surface area contributed by atoms with Crippen LogP contribution >= 0.6 is 0 Å². The zero-order valence-corrected chi connectivity index (χ0v) is 18.5. The Balaban J connectivity index is 1.33. The molecule has 0 saturated carbocycles. The van der Waals surface area contributed by atoms with Crippen LogP contribution in [-0.4, -0.2) is 40.3 Å². The molecule has 9 heteroatoms. The summed E-state index contributed by atoms with van der Waals surface area (Å²) in [7, 11) is 0. The van der Waals surface area contributed by atoms with Crippen LogP contribution in [0, 0.1) is 25.2 Å². The number of nitrogens with zero attached hydrogens (tertiary/aromatic N) is 4. The lowest BCUT2D eigenvalue weighted by molar-refractivity contribution is 0.0535. The van der Waals surface area contributed by atoms with Crippen molar-refractivity contribution >= 4 is 5.97 Å². The zero-order chi connectivity index (χ0) is 23.1. The molecule has 0 unspecified atom stereocenters. The number of nitriles is 1. The fraction of sp³-hybridized carbons (Fsp3) is 0.333. The lowest BCUT2D eigenvalue weighted by Gasteiger charge is -2.37. The molecule has 3 N–H and O–H groups in total.